The Labute approximate surface area is 140 Å². The summed E-state index contributed by atoms with van der Waals surface area (Å²) in [5.74, 6) is 0.0450. The average molecular weight is 320 g/mol. The van der Waals surface area contributed by atoms with E-state index in [-0.39, 0.29) is 11.9 Å². The van der Waals surface area contributed by atoms with Crippen molar-refractivity contribution in [1.82, 2.24) is 14.7 Å². The Morgan fingerprint density at radius 1 is 1.29 bits per heavy atom. The molecule has 24 heavy (non-hydrogen) atoms. The van der Waals surface area contributed by atoms with Gasteiger partial charge in [-0.15, -0.1) is 0 Å². The number of hydrogen-bond acceptors (Lipinski definition) is 3. The van der Waals surface area contributed by atoms with Gasteiger partial charge in [-0.25, -0.2) is 4.98 Å². The third-order valence-corrected chi connectivity index (χ3v) is 4.50. The molecule has 122 valence electrons. The van der Waals surface area contributed by atoms with Crippen molar-refractivity contribution in [1.29, 1.82) is 0 Å². The van der Waals surface area contributed by atoms with Crippen LogP contribution >= 0.6 is 0 Å². The molecule has 0 spiro atoms. The van der Waals surface area contributed by atoms with Crippen molar-refractivity contribution in [3.63, 3.8) is 0 Å². The number of nitrogens with one attached hydrogen (secondary N) is 2. The predicted octanol–water partition coefficient (Wildman–Crippen LogP) is 3.00. The molecule has 1 aliphatic rings. The molecule has 4 rings (SSSR count). The normalized spacial score (nSPS) is 17.3. The zero-order valence-corrected chi connectivity index (χ0v) is 13.6. The van der Waals surface area contributed by atoms with E-state index in [1.54, 1.807) is 0 Å². The highest BCUT2D eigenvalue weighted by atomic mass is 16.2. The average Bonchev–Trinajstić information content (AvgIpc) is 3.26. The van der Waals surface area contributed by atoms with Crippen molar-refractivity contribution in [3.05, 3.63) is 54.4 Å². The zero-order valence-electron chi connectivity index (χ0n) is 13.6. The number of carbonyl (C=O) groups excluding carboxylic acids is 1. The van der Waals surface area contributed by atoms with E-state index in [4.69, 9.17) is 4.98 Å². The maximum atomic E-state index is 12.1. The summed E-state index contributed by atoms with van der Waals surface area (Å²) in [5.41, 5.74) is 4.90. The first kappa shape index (κ1) is 14.9. The highest BCUT2D eigenvalue weighted by Gasteiger charge is 2.21. The monoisotopic (exact) mass is 320 g/mol. The summed E-state index contributed by atoms with van der Waals surface area (Å²) in [6, 6.07) is 11.9. The molecule has 0 bridgehead atoms. The Morgan fingerprint density at radius 2 is 2.12 bits per heavy atom. The Kier molecular flexibility index (Phi) is 3.78. The number of aryl methyl sites for hydroxylation is 1. The highest BCUT2D eigenvalue weighted by molar-refractivity contribution is 5.95. The molecule has 5 nitrogen and oxygen atoms in total. The molecular formula is C19H20N4O. The topological polar surface area (TPSA) is 58.4 Å². The molecule has 1 amide bonds. The van der Waals surface area contributed by atoms with Crippen molar-refractivity contribution in [2.45, 2.75) is 25.8 Å². The molecule has 0 radical (unpaired) electrons. The molecule has 5 heteroatoms. The molecule has 3 aromatic rings. The van der Waals surface area contributed by atoms with E-state index in [2.05, 4.69) is 23.6 Å². The molecule has 1 fully saturated rings. The molecule has 2 aromatic heterocycles. The minimum atomic E-state index is -0.0638. The van der Waals surface area contributed by atoms with Crippen LogP contribution in [0, 0.1) is 6.92 Å². The number of rotatable bonds is 3. The van der Waals surface area contributed by atoms with Gasteiger partial charge in [0.1, 0.15) is 5.65 Å². The fourth-order valence-electron chi connectivity index (χ4n) is 3.15. The van der Waals surface area contributed by atoms with Gasteiger partial charge in [0, 0.05) is 23.6 Å². The van der Waals surface area contributed by atoms with E-state index in [1.165, 1.54) is 0 Å². The zero-order chi connectivity index (χ0) is 16.5. The smallest absolute Gasteiger partial charge is 0.241 e. The number of pyridine rings is 1. The van der Waals surface area contributed by atoms with Crippen LogP contribution < -0.4 is 10.6 Å². The number of hydrogen-bond donors (Lipinski definition) is 2. The molecule has 1 atom stereocenters. The lowest BCUT2D eigenvalue weighted by Gasteiger charge is -2.11. The second-order valence-corrected chi connectivity index (χ2v) is 6.26. The number of benzene rings is 1. The van der Waals surface area contributed by atoms with E-state index in [0.717, 1.165) is 47.5 Å². The number of anilines is 1. The predicted molar refractivity (Wildman–Crippen MR) is 95.0 cm³/mol. The molecule has 0 aliphatic carbocycles. The number of imidazole rings is 1. The van der Waals surface area contributed by atoms with Crippen LogP contribution in [0.25, 0.3) is 16.9 Å². The molecular weight excluding hydrogens is 300 g/mol. The van der Waals surface area contributed by atoms with Gasteiger partial charge in [-0.2, -0.15) is 0 Å². The largest absolute Gasteiger partial charge is 0.325 e. The summed E-state index contributed by atoms with van der Waals surface area (Å²) < 4.78 is 2.03. The minimum Gasteiger partial charge on any atom is -0.325 e. The SMILES string of the molecule is Cc1cccn2cc(-c3ccc(NC(=O)C4CCCN4)cc3)nc12. The van der Waals surface area contributed by atoms with Gasteiger partial charge in [0.15, 0.2) is 0 Å². The van der Waals surface area contributed by atoms with Crippen molar-refractivity contribution >= 4 is 17.2 Å². The van der Waals surface area contributed by atoms with Crippen molar-refractivity contribution in [2.24, 2.45) is 0 Å². The Morgan fingerprint density at radius 3 is 2.83 bits per heavy atom. The van der Waals surface area contributed by atoms with Gasteiger partial charge in [0.25, 0.3) is 0 Å². The maximum absolute atomic E-state index is 12.1. The number of amides is 1. The lowest BCUT2D eigenvalue weighted by atomic mass is 10.1. The van der Waals surface area contributed by atoms with Gasteiger partial charge in [0.05, 0.1) is 11.7 Å². The van der Waals surface area contributed by atoms with Crippen LogP contribution in [0.1, 0.15) is 18.4 Å². The van der Waals surface area contributed by atoms with E-state index in [0.29, 0.717) is 0 Å². The molecule has 2 N–H and O–H groups in total. The molecule has 3 heterocycles. The Hall–Kier alpha value is -2.66. The molecule has 0 saturated carbocycles. The van der Waals surface area contributed by atoms with Gasteiger partial charge >= 0.3 is 0 Å². The maximum Gasteiger partial charge on any atom is 0.241 e. The third kappa shape index (κ3) is 2.78. The fraction of sp³-hybridized carbons (Fsp3) is 0.263. The van der Waals surface area contributed by atoms with Crippen LogP contribution in [-0.4, -0.2) is 27.9 Å². The van der Waals surface area contributed by atoms with E-state index < -0.39 is 0 Å². The van der Waals surface area contributed by atoms with Gasteiger partial charge in [-0.1, -0.05) is 18.2 Å². The molecule has 1 unspecified atom stereocenters. The standard InChI is InChI=1S/C19H20N4O/c1-13-4-3-11-23-12-17(22-18(13)23)14-6-8-15(9-7-14)21-19(24)16-5-2-10-20-16/h3-4,6-9,11-12,16,20H,2,5,10H2,1H3,(H,21,24). The number of carbonyl (C=O) groups is 1. The highest BCUT2D eigenvalue weighted by Crippen LogP contribution is 2.22. The van der Waals surface area contributed by atoms with Crippen LogP contribution in [0.5, 0.6) is 0 Å². The third-order valence-electron chi connectivity index (χ3n) is 4.50. The Bertz CT molecular complexity index is 876. The minimum absolute atomic E-state index is 0.0450. The lowest BCUT2D eigenvalue weighted by Crippen LogP contribution is -2.35. The first-order valence-corrected chi connectivity index (χ1v) is 8.30. The van der Waals surface area contributed by atoms with Gasteiger partial charge < -0.3 is 15.0 Å². The molecule has 1 saturated heterocycles. The van der Waals surface area contributed by atoms with E-state index in [9.17, 15) is 4.79 Å². The molecule has 1 aliphatic heterocycles. The van der Waals surface area contributed by atoms with E-state index in [1.807, 2.05) is 47.1 Å². The quantitative estimate of drug-likeness (QED) is 0.780. The number of nitrogens with zero attached hydrogens (tertiary/aromatic N) is 2. The van der Waals surface area contributed by atoms with Crippen molar-refractivity contribution in [3.8, 4) is 11.3 Å². The summed E-state index contributed by atoms with van der Waals surface area (Å²) in [5, 5.41) is 6.18. The van der Waals surface area contributed by atoms with Crippen LogP contribution in [-0.2, 0) is 4.79 Å². The summed E-state index contributed by atoms with van der Waals surface area (Å²) in [6.07, 6.45) is 6.00. The van der Waals surface area contributed by atoms with Crippen LogP contribution in [0.3, 0.4) is 0 Å². The fourth-order valence-corrected chi connectivity index (χ4v) is 3.15. The summed E-state index contributed by atoms with van der Waals surface area (Å²) in [7, 11) is 0. The Balaban J connectivity index is 1.54. The summed E-state index contributed by atoms with van der Waals surface area (Å²) in [6.45, 7) is 2.98. The second-order valence-electron chi connectivity index (χ2n) is 6.26. The second kappa shape index (κ2) is 6.09. The molecule has 1 aromatic carbocycles. The first-order valence-electron chi connectivity index (χ1n) is 8.30. The van der Waals surface area contributed by atoms with Gasteiger partial charge in [-0.05, 0) is 50.1 Å². The van der Waals surface area contributed by atoms with Gasteiger partial charge in [0.2, 0.25) is 5.91 Å². The number of aromatic nitrogens is 2. The van der Waals surface area contributed by atoms with Crippen molar-refractivity contribution < 1.29 is 4.79 Å². The van der Waals surface area contributed by atoms with Crippen LogP contribution in [0.15, 0.2) is 48.8 Å². The lowest BCUT2D eigenvalue weighted by molar-refractivity contribution is -0.117. The van der Waals surface area contributed by atoms with Crippen LogP contribution in [0.2, 0.25) is 0 Å². The summed E-state index contributed by atoms with van der Waals surface area (Å²) >= 11 is 0. The first-order chi connectivity index (χ1) is 11.7. The van der Waals surface area contributed by atoms with Crippen molar-refractivity contribution in [2.75, 3.05) is 11.9 Å². The van der Waals surface area contributed by atoms with Gasteiger partial charge in [-0.3, -0.25) is 4.79 Å². The van der Waals surface area contributed by atoms with Crippen LogP contribution in [0.4, 0.5) is 5.69 Å². The summed E-state index contributed by atoms with van der Waals surface area (Å²) in [4.78, 5) is 16.8. The van der Waals surface area contributed by atoms with E-state index >= 15 is 0 Å². The number of fused-ring (bicyclic) bond motifs is 1.